The van der Waals surface area contributed by atoms with Crippen LogP contribution in [0.4, 0.5) is 17.1 Å². The zero-order chi connectivity index (χ0) is 29.5. The van der Waals surface area contributed by atoms with Crippen LogP contribution in [-0.4, -0.2) is 30.0 Å². The summed E-state index contributed by atoms with van der Waals surface area (Å²) in [6.45, 7) is 7.96. The number of benzene rings is 3. The van der Waals surface area contributed by atoms with Crippen LogP contribution >= 0.6 is 0 Å². The van der Waals surface area contributed by atoms with Gasteiger partial charge >= 0.3 is 0 Å². The summed E-state index contributed by atoms with van der Waals surface area (Å²) in [5.74, 6) is -0.893. The molecule has 1 heterocycles. The SMILES string of the molecule is CCOc1ccccc1NC(=O)C1=C(C)NC(C)=C(C(=O)Nc2ccccc2OCC)C1c1cccc([N+](=O)[O-])c1. The first-order valence-electron chi connectivity index (χ1n) is 13.2. The van der Waals surface area contributed by atoms with Crippen molar-refractivity contribution >= 4 is 28.9 Å². The molecule has 0 saturated carbocycles. The molecule has 41 heavy (non-hydrogen) atoms. The van der Waals surface area contributed by atoms with E-state index in [0.29, 0.717) is 53.0 Å². The molecule has 212 valence electrons. The van der Waals surface area contributed by atoms with Gasteiger partial charge in [0.25, 0.3) is 17.5 Å². The minimum Gasteiger partial charge on any atom is -0.492 e. The molecule has 0 bridgehead atoms. The molecule has 3 aromatic carbocycles. The van der Waals surface area contributed by atoms with Gasteiger partial charge in [0.15, 0.2) is 0 Å². The van der Waals surface area contributed by atoms with Crippen LogP contribution in [0.5, 0.6) is 11.5 Å². The third-order valence-electron chi connectivity index (χ3n) is 6.53. The highest BCUT2D eigenvalue weighted by Crippen LogP contribution is 2.41. The number of non-ortho nitro benzene ring substituents is 1. The van der Waals surface area contributed by atoms with Crippen molar-refractivity contribution in [2.24, 2.45) is 0 Å². The number of dihydropyridines is 1. The van der Waals surface area contributed by atoms with Crippen LogP contribution < -0.4 is 25.4 Å². The maximum atomic E-state index is 13.9. The smallest absolute Gasteiger partial charge is 0.269 e. The van der Waals surface area contributed by atoms with Gasteiger partial charge in [-0.3, -0.25) is 19.7 Å². The molecule has 10 heteroatoms. The largest absolute Gasteiger partial charge is 0.492 e. The van der Waals surface area contributed by atoms with Gasteiger partial charge in [0.05, 0.1) is 29.5 Å². The molecule has 0 aromatic heterocycles. The Labute approximate surface area is 238 Å². The number of nitrogens with zero attached hydrogens (tertiary/aromatic N) is 1. The van der Waals surface area contributed by atoms with Gasteiger partial charge in [-0.2, -0.15) is 0 Å². The van der Waals surface area contributed by atoms with Crippen molar-refractivity contribution in [3.05, 3.63) is 111 Å². The Morgan fingerprint density at radius 1 is 0.805 bits per heavy atom. The number of nitro benzene ring substituents is 1. The zero-order valence-corrected chi connectivity index (χ0v) is 23.3. The van der Waals surface area contributed by atoms with Crippen molar-refractivity contribution in [3.63, 3.8) is 0 Å². The van der Waals surface area contributed by atoms with Crippen LogP contribution in [0.15, 0.2) is 95.3 Å². The Hall–Kier alpha value is -5.12. The van der Waals surface area contributed by atoms with E-state index in [9.17, 15) is 19.7 Å². The van der Waals surface area contributed by atoms with Crippen molar-refractivity contribution < 1.29 is 24.0 Å². The van der Waals surface area contributed by atoms with E-state index in [-0.39, 0.29) is 16.8 Å². The summed E-state index contributed by atoms with van der Waals surface area (Å²) >= 11 is 0. The Kier molecular flexibility index (Phi) is 9.03. The number of hydrogen-bond acceptors (Lipinski definition) is 7. The topological polar surface area (TPSA) is 132 Å². The molecule has 10 nitrogen and oxygen atoms in total. The first-order valence-corrected chi connectivity index (χ1v) is 13.2. The average Bonchev–Trinajstić information content (AvgIpc) is 2.95. The third kappa shape index (κ3) is 6.38. The number of ether oxygens (including phenoxy) is 2. The molecule has 1 aliphatic heterocycles. The molecule has 4 rings (SSSR count). The monoisotopic (exact) mass is 556 g/mol. The maximum Gasteiger partial charge on any atom is 0.269 e. The van der Waals surface area contributed by atoms with Gasteiger partial charge in [-0.05, 0) is 57.5 Å². The Morgan fingerprint density at radius 2 is 1.29 bits per heavy atom. The maximum absolute atomic E-state index is 13.9. The Balaban J connectivity index is 1.80. The number of para-hydroxylation sites is 4. The van der Waals surface area contributed by atoms with E-state index >= 15 is 0 Å². The Bertz CT molecular complexity index is 1460. The van der Waals surface area contributed by atoms with Gasteiger partial charge in [0, 0.05) is 40.6 Å². The molecule has 0 unspecified atom stereocenters. The lowest BCUT2D eigenvalue weighted by Gasteiger charge is -2.31. The molecule has 0 aliphatic carbocycles. The molecule has 3 N–H and O–H groups in total. The molecule has 0 atom stereocenters. The van der Waals surface area contributed by atoms with Gasteiger partial charge in [-0.15, -0.1) is 0 Å². The summed E-state index contributed by atoms with van der Waals surface area (Å²) in [5.41, 5.74) is 2.69. The predicted octanol–water partition coefficient (Wildman–Crippen LogP) is 5.90. The van der Waals surface area contributed by atoms with E-state index < -0.39 is 22.7 Å². The van der Waals surface area contributed by atoms with Crippen molar-refractivity contribution in [1.82, 2.24) is 5.32 Å². The molecule has 2 amide bonds. The third-order valence-corrected chi connectivity index (χ3v) is 6.53. The number of rotatable bonds is 10. The van der Waals surface area contributed by atoms with Crippen LogP contribution in [0.25, 0.3) is 0 Å². The lowest BCUT2D eigenvalue weighted by Crippen LogP contribution is -2.35. The summed E-state index contributed by atoms with van der Waals surface area (Å²) in [6, 6.07) is 20.0. The normalized spacial score (nSPS) is 13.4. The lowest BCUT2D eigenvalue weighted by atomic mass is 9.79. The summed E-state index contributed by atoms with van der Waals surface area (Å²) in [4.78, 5) is 39.0. The molecule has 0 radical (unpaired) electrons. The summed E-state index contributed by atoms with van der Waals surface area (Å²) in [7, 11) is 0. The fraction of sp³-hybridized carbons (Fsp3) is 0.226. The summed E-state index contributed by atoms with van der Waals surface area (Å²) < 4.78 is 11.3. The number of amides is 2. The van der Waals surface area contributed by atoms with E-state index in [1.807, 2.05) is 13.8 Å². The summed E-state index contributed by atoms with van der Waals surface area (Å²) in [5, 5.41) is 20.7. The van der Waals surface area contributed by atoms with E-state index in [1.54, 1.807) is 74.5 Å². The minimum atomic E-state index is -0.922. The van der Waals surface area contributed by atoms with Crippen molar-refractivity contribution in [1.29, 1.82) is 0 Å². The van der Waals surface area contributed by atoms with Gasteiger partial charge in [-0.25, -0.2) is 0 Å². The predicted molar refractivity (Wildman–Crippen MR) is 157 cm³/mol. The average molecular weight is 557 g/mol. The van der Waals surface area contributed by atoms with E-state index in [4.69, 9.17) is 9.47 Å². The molecule has 0 spiro atoms. The van der Waals surface area contributed by atoms with Crippen LogP contribution in [0.3, 0.4) is 0 Å². The quantitative estimate of drug-likeness (QED) is 0.209. The van der Waals surface area contributed by atoms with Gasteiger partial charge in [0.2, 0.25) is 0 Å². The van der Waals surface area contributed by atoms with Gasteiger partial charge < -0.3 is 25.4 Å². The van der Waals surface area contributed by atoms with Gasteiger partial charge in [-0.1, -0.05) is 36.4 Å². The Morgan fingerprint density at radius 3 is 1.76 bits per heavy atom. The fourth-order valence-corrected chi connectivity index (χ4v) is 4.83. The van der Waals surface area contributed by atoms with Crippen LogP contribution in [0.1, 0.15) is 39.2 Å². The molecular formula is C31H32N4O6. The lowest BCUT2D eigenvalue weighted by molar-refractivity contribution is -0.384. The highest BCUT2D eigenvalue weighted by atomic mass is 16.6. The number of carbonyl (C=O) groups excluding carboxylic acids is 2. The zero-order valence-electron chi connectivity index (χ0n) is 23.3. The molecule has 3 aromatic rings. The highest BCUT2D eigenvalue weighted by molar-refractivity contribution is 6.12. The van der Waals surface area contributed by atoms with Gasteiger partial charge in [0.1, 0.15) is 11.5 Å². The van der Waals surface area contributed by atoms with Crippen LogP contribution in [-0.2, 0) is 9.59 Å². The number of allylic oxidation sites excluding steroid dienone is 2. The standard InChI is InChI=1S/C31H32N4O6/c1-5-40-25-16-9-7-14-23(25)33-30(36)27-19(3)32-20(4)28(29(27)21-12-11-13-22(18-21)35(38)39)31(37)34-24-15-8-10-17-26(24)41-6-2/h7-18,29,32H,5-6H2,1-4H3,(H,33,36)(H,34,37). The molecular weight excluding hydrogens is 524 g/mol. The minimum absolute atomic E-state index is 0.153. The van der Waals surface area contributed by atoms with Crippen molar-refractivity contribution in [3.8, 4) is 11.5 Å². The number of carbonyl (C=O) groups is 2. The highest BCUT2D eigenvalue weighted by Gasteiger charge is 2.37. The molecule has 0 fully saturated rings. The van der Waals surface area contributed by atoms with Crippen molar-refractivity contribution in [2.75, 3.05) is 23.8 Å². The second-order valence-electron chi connectivity index (χ2n) is 9.25. The number of hydrogen-bond donors (Lipinski definition) is 3. The van der Waals surface area contributed by atoms with E-state index in [0.717, 1.165) is 0 Å². The summed E-state index contributed by atoms with van der Waals surface area (Å²) in [6.07, 6.45) is 0. The number of nitrogens with one attached hydrogen (secondary N) is 3. The first-order chi connectivity index (χ1) is 19.7. The number of anilines is 2. The number of nitro groups is 1. The molecule has 0 saturated heterocycles. The molecule has 1 aliphatic rings. The van der Waals surface area contributed by atoms with E-state index in [2.05, 4.69) is 16.0 Å². The van der Waals surface area contributed by atoms with Crippen molar-refractivity contribution in [2.45, 2.75) is 33.6 Å². The van der Waals surface area contributed by atoms with Crippen LogP contribution in [0.2, 0.25) is 0 Å². The second kappa shape index (κ2) is 12.8. The fourth-order valence-electron chi connectivity index (χ4n) is 4.83. The van der Waals surface area contributed by atoms with Crippen LogP contribution in [0, 0.1) is 10.1 Å². The first kappa shape index (κ1) is 28.9. The van der Waals surface area contributed by atoms with E-state index in [1.165, 1.54) is 12.1 Å². The second-order valence-corrected chi connectivity index (χ2v) is 9.25.